The Balaban J connectivity index is 2.24. The first-order valence-electron chi connectivity index (χ1n) is 4.61. The Kier molecular flexibility index (Phi) is 2.17. The van der Waals surface area contributed by atoms with Crippen molar-refractivity contribution in [2.45, 2.75) is 24.5 Å². The Morgan fingerprint density at radius 3 is 2.86 bits per heavy atom. The number of rotatable bonds is 2. The molecule has 4 heteroatoms. The van der Waals surface area contributed by atoms with Gasteiger partial charge in [0.25, 0.3) is 0 Å². The van der Waals surface area contributed by atoms with E-state index in [-0.39, 0.29) is 6.04 Å². The standard InChI is InChI=1S/C10H14N2O2/c1-14-9-2-7(5-12-6-9)10(13)3-8(11)4-10/h2,5-6,8,13H,3-4,11H2,1H3. The number of aromatic nitrogens is 1. The Hall–Kier alpha value is -1.13. The number of nitrogens with two attached hydrogens (primary N) is 1. The molecule has 0 aliphatic heterocycles. The first-order chi connectivity index (χ1) is 6.64. The molecule has 1 aromatic heterocycles. The van der Waals surface area contributed by atoms with Crippen molar-refractivity contribution >= 4 is 0 Å². The normalized spacial score (nSPS) is 30.9. The molecule has 0 aromatic carbocycles. The van der Waals surface area contributed by atoms with Gasteiger partial charge in [-0.25, -0.2) is 0 Å². The van der Waals surface area contributed by atoms with Gasteiger partial charge in [-0.2, -0.15) is 0 Å². The Morgan fingerprint density at radius 1 is 1.57 bits per heavy atom. The molecule has 3 N–H and O–H groups in total. The van der Waals surface area contributed by atoms with E-state index in [1.807, 2.05) is 0 Å². The molecular formula is C10H14N2O2. The summed E-state index contributed by atoms with van der Waals surface area (Å²) in [6, 6.07) is 1.91. The molecule has 1 fully saturated rings. The van der Waals surface area contributed by atoms with Gasteiger partial charge in [-0.15, -0.1) is 0 Å². The molecule has 1 aromatic rings. The first kappa shape index (κ1) is 9.43. The molecule has 0 spiro atoms. The molecule has 0 unspecified atom stereocenters. The number of hydrogen-bond acceptors (Lipinski definition) is 4. The minimum atomic E-state index is -0.791. The fourth-order valence-corrected chi connectivity index (χ4v) is 1.83. The molecule has 1 aliphatic rings. The third-order valence-corrected chi connectivity index (χ3v) is 2.69. The lowest BCUT2D eigenvalue weighted by molar-refractivity contribution is -0.0526. The zero-order chi connectivity index (χ0) is 10.2. The van der Waals surface area contributed by atoms with Gasteiger partial charge in [0.1, 0.15) is 5.75 Å². The second kappa shape index (κ2) is 3.22. The number of nitrogens with zero attached hydrogens (tertiary/aromatic N) is 1. The summed E-state index contributed by atoms with van der Waals surface area (Å²) < 4.78 is 5.04. The van der Waals surface area contributed by atoms with E-state index in [2.05, 4.69) is 4.98 Å². The van der Waals surface area contributed by atoms with E-state index in [0.717, 1.165) is 5.56 Å². The zero-order valence-corrected chi connectivity index (χ0v) is 8.10. The maximum Gasteiger partial charge on any atom is 0.137 e. The van der Waals surface area contributed by atoms with Crippen molar-refractivity contribution in [3.63, 3.8) is 0 Å². The average Bonchev–Trinajstić information content (AvgIpc) is 2.16. The molecule has 2 rings (SSSR count). The minimum Gasteiger partial charge on any atom is -0.495 e. The summed E-state index contributed by atoms with van der Waals surface area (Å²) in [6.07, 6.45) is 4.48. The summed E-state index contributed by atoms with van der Waals surface area (Å²) in [5.74, 6) is 0.663. The maximum atomic E-state index is 10.1. The van der Waals surface area contributed by atoms with Gasteiger partial charge in [0.05, 0.1) is 18.9 Å². The van der Waals surface area contributed by atoms with Crippen molar-refractivity contribution in [2.24, 2.45) is 5.73 Å². The topological polar surface area (TPSA) is 68.4 Å². The van der Waals surface area contributed by atoms with E-state index >= 15 is 0 Å². The number of aliphatic hydroxyl groups is 1. The molecule has 76 valence electrons. The van der Waals surface area contributed by atoms with Crippen LogP contribution in [0.1, 0.15) is 18.4 Å². The second-order valence-electron chi connectivity index (χ2n) is 3.81. The molecule has 0 bridgehead atoms. The van der Waals surface area contributed by atoms with Crippen LogP contribution < -0.4 is 10.5 Å². The van der Waals surface area contributed by atoms with Crippen LogP contribution in [0.5, 0.6) is 5.75 Å². The highest BCUT2D eigenvalue weighted by Gasteiger charge is 2.42. The van der Waals surface area contributed by atoms with E-state index in [0.29, 0.717) is 18.6 Å². The lowest BCUT2D eigenvalue weighted by Gasteiger charge is -2.41. The summed E-state index contributed by atoms with van der Waals surface area (Å²) in [5.41, 5.74) is 5.65. The highest BCUT2D eigenvalue weighted by atomic mass is 16.5. The first-order valence-corrected chi connectivity index (χ1v) is 4.61. The van der Waals surface area contributed by atoms with Crippen LogP contribution in [0.15, 0.2) is 18.5 Å². The highest BCUT2D eigenvalue weighted by molar-refractivity contribution is 5.30. The monoisotopic (exact) mass is 194 g/mol. The third kappa shape index (κ3) is 1.47. The van der Waals surface area contributed by atoms with Crippen molar-refractivity contribution in [1.29, 1.82) is 0 Å². The van der Waals surface area contributed by atoms with Crippen LogP contribution in [0.25, 0.3) is 0 Å². The zero-order valence-electron chi connectivity index (χ0n) is 8.10. The predicted octanol–water partition coefficient (Wildman–Crippen LogP) is 0.399. The van der Waals surface area contributed by atoms with Gasteiger partial charge in [-0.3, -0.25) is 4.98 Å². The van der Waals surface area contributed by atoms with Crippen molar-refractivity contribution < 1.29 is 9.84 Å². The van der Waals surface area contributed by atoms with Gasteiger partial charge in [-0.1, -0.05) is 0 Å². The van der Waals surface area contributed by atoms with Gasteiger partial charge in [0.2, 0.25) is 0 Å². The minimum absolute atomic E-state index is 0.103. The third-order valence-electron chi connectivity index (χ3n) is 2.69. The van der Waals surface area contributed by atoms with Crippen LogP contribution in [0.4, 0.5) is 0 Å². The van der Waals surface area contributed by atoms with Gasteiger partial charge < -0.3 is 15.6 Å². The average molecular weight is 194 g/mol. The van der Waals surface area contributed by atoms with E-state index in [4.69, 9.17) is 10.5 Å². The van der Waals surface area contributed by atoms with Gasteiger partial charge in [0.15, 0.2) is 0 Å². The Bertz CT molecular complexity index is 335. The Morgan fingerprint density at radius 2 is 2.29 bits per heavy atom. The number of pyridine rings is 1. The number of hydrogen-bond donors (Lipinski definition) is 2. The van der Waals surface area contributed by atoms with Gasteiger partial charge >= 0.3 is 0 Å². The molecule has 1 saturated carbocycles. The van der Waals surface area contributed by atoms with Gasteiger partial charge in [-0.05, 0) is 18.9 Å². The smallest absolute Gasteiger partial charge is 0.137 e. The molecule has 1 heterocycles. The van der Waals surface area contributed by atoms with Crippen LogP contribution in [0.3, 0.4) is 0 Å². The Labute approximate surface area is 82.7 Å². The maximum absolute atomic E-state index is 10.1. The quantitative estimate of drug-likeness (QED) is 0.715. The number of ether oxygens (including phenoxy) is 1. The molecule has 4 nitrogen and oxygen atoms in total. The van der Waals surface area contributed by atoms with Crippen LogP contribution in [-0.4, -0.2) is 23.2 Å². The van der Waals surface area contributed by atoms with Crippen molar-refractivity contribution in [3.05, 3.63) is 24.0 Å². The SMILES string of the molecule is COc1cncc(C2(O)CC(N)C2)c1. The molecule has 0 radical (unpaired) electrons. The molecule has 0 atom stereocenters. The van der Waals surface area contributed by atoms with Crippen molar-refractivity contribution in [3.8, 4) is 5.75 Å². The highest BCUT2D eigenvalue weighted by Crippen LogP contribution is 2.40. The summed E-state index contributed by atoms with van der Waals surface area (Å²) in [6.45, 7) is 0. The molecule has 1 aliphatic carbocycles. The molecule has 14 heavy (non-hydrogen) atoms. The summed E-state index contributed by atoms with van der Waals surface area (Å²) in [4.78, 5) is 4.00. The summed E-state index contributed by atoms with van der Waals surface area (Å²) in [7, 11) is 1.58. The van der Waals surface area contributed by atoms with Crippen molar-refractivity contribution in [1.82, 2.24) is 4.98 Å². The van der Waals surface area contributed by atoms with Crippen LogP contribution >= 0.6 is 0 Å². The van der Waals surface area contributed by atoms with E-state index in [9.17, 15) is 5.11 Å². The van der Waals surface area contributed by atoms with Gasteiger partial charge in [0, 0.05) is 17.8 Å². The lowest BCUT2D eigenvalue weighted by atomic mass is 9.72. The van der Waals surface area contributed by atoms with E-state index in [1.165, 1.54) is 0 Å². The number of methoxy groups -OCH3 is 1. The lowest BCUT2D eigenvalue weighted by Crippen LogP contribution is -2.49. The van der Waals surface area contributed by atoms with Crippen molar-refractivity contribution in [2.75, 3.05) is 7.11 Å². The van der Waals surface area contributed by atoms with Crippen LogP contribution in [-0.2, 0) is 5.60 Å². The van der Waals surface area contributed by atoms with E-state index in [1.54, 1.807) is 25.6 Å². The fraction of sp³-hybridized carbons (Fsp3) is 0.500. The largest absolute Gasteiger partial charge is 0.495 e. The van der Waals surface area contributed by atoms with Crippen LogP contribution in [0, 0.1) is 0 Å². The molecule has 0 saturated heterocycles. The summed E-state index contributed by atoms with van der Waals surface area (Å²) in [5, 5.41) is 10.1. The predicted molar refractivity (Wildman–Crippen MR) is 51.9 cm³/mol. The van der Waals surface area contributed by atoms with E-state index < -0.39 is 5.60 Å². The summed E-state index contributed by atoms with van der Waals surface area (Å²) >= 11 is 0. The fourth-order valence-electron chi connectivity index (χ4n) is 1.83. The van der Waals surface area contributed by atoms with Crippen LogP contribution in [0.2, 0.25) is 0 Å². The molecular weight excluding hydrogens is 180 g/mol. The second-order valence-corrected chi connectivity index (χ2v) is 3.81. The molecule has 0 amide bonds.